The van der Waals surface area contributed by atoms with Gasteiger partial charge in [-0.15, -0.1) is 0 Å². The zero-order valence-corrected chi connectivity index (χ0v) is 18.1. The predicted octanol–water partition coefficient (Wildman–Crippen LogP) is 2.92. The molecule has 0 fully saturated rings. The van der Waals surface area contributed by atoms with E-state index in [1.54, 1.807) is 58.7 Å². The van der Waals surface area contributed by atoms with E-state index in [9.17, 15) is 14.4 Å². The van der Waals surface area contributed by atoms with Gasteiger partial charge in [-0.1, -0.05) is 30.3 Å². The second-order valence-electron chi connectivity index (χ2n) is 8.02. The first-order valence-electron chi connectivity index (χ1n) is 10.3. The number of para-hydroxylation sites is 1. The number of fused-ring (bicyclic) bond motifs is 6. The van der Waals surface area contributed by atoms with Gasteiger partial charge in [-0.3, -0.25) is 24.0 Å². The van der Waals surface area contributed by atoms with Crippen LogP contribution in [0.15, 0.2) is 48.5 Å². The number of aromatic nitrogens is 2. The van der Waals surface area contributed by atoms with Crippen LogP contribution < -0.4 is 10.2 Å². The molecule has 0 radical (unpaired) electrons. The predicted molar refractivity (Wildman–Crippen MR) is 120 cm³/mol. The molecule has 0 aliphatic carbocycles. The Balaban J connectivity index is 1.37. The van der Waals surface area contributed by atoms with Gasteiger partial charge in [-0.05, 0) is 18.2 Å². The molecule has 0 saturated heterocycles. The highest BCUT2D eigenvalue weighted by molar-refractivity contribution is 7.98. The minimum Gasteiger partial charge on any atom is -0.309 e. The molecule has 2 aromatic carbocycles. The number of amides is 3. The summed E-state index contributed by atoms with van der Waals surface area (Å²) in [6.45, 7) is -0.178. The van der Waals surface area contributed by atoms with Gasteiger partial charge in [0.15, 0.2) is 0 Å². The van der Waals surface area contributed by atoms with Crippen LogP contribution in [0.1, 0.15) is 43.7 Å². The topological polar surface area (TPSA) is 87.5 Å². The first-order valence-corrected chi connectivity index (χ1v) is 11.4. The molecular weight excluding hydrogens is 426 g/mol. The molecule has 4 heterocycles. The second-order valence-corrected chi connectivity index (χ2v) is 9.01. The van der Waals surface area contributed by atoms with Gasteiger partial charge in [-0.2, -0.15) is 16.9 Å². The van der Waals surface area contributed by atoms with Crippen LogP contribution in [0.5, 0.6) is 0 Å². The monoisotopic (exact) mass is 445 g/mol. The number of carbonyl (C=O) groups is 3. The number of hydrogen-bond acceptors (Lipinski definition) is 5. The number of carbonyl (C=O) groups excluding carboxylic acids is 3. The summed E-state index contributed by atoms with van der Waals surface area (Å²) in [5, 5.41) is 7.42. The van der Waals surface area contributed by atoms with Crippen molar-refractivity contribution in [3.63, 3.8) is 0 Å². The Kier molecular flexibility index (Phi) is 4.16. The molecule has 3 amide bonds. The van der Waals surface area contributed by atoms with Crippen LogP contribution in [-0.2, 0) is 23.3 Å². The molecule has 8 nitrogen and oxygen atoms in total. The number of rotatable bonds is 3. The summed E-state index contributed by atoms with van der Waals surface area (Å²) in [6.07, 6.45) is -0.653. The Bertz CT molecular complexity index is 1320. The van der Waals surface area contributed by atoms with Gasteiger partial charge >= 0.3 is 0 Å². The lowest BCUT2D eigenvalue weighted by molar-refractivity contribution is -0.117. The zero-order valence-electron chi connectivity index (χ0n) is 17.2. The number of aryl methyl sites for hydroxylation is 1. The van der Waals surface area contributed by atoms with Gasteiger partial charge in [0, 0.05) is 35.2 Å². The van der Waals surface area contributed by atoms with Crippen molar-refractivity contribution in [2.45, 2.75) is 17.7 Å². The van der Waals surface area contributed by atoms with Crippen LogP contribution in [0.25, 0.3) is 0 Å². The molecule has 32 heavy (non-hydrogen) atoms. The molecule has 160 valence electrons. The maximum absolute atomic E-state index is 13.5. The third kappa shape index (κ3) is 2.64. The summed E-state index contributed by atoms with van der Waals surface area (Å²) in [5.41, 5.74) is 4.28. The average Bonchev–Trinajstić information content (AvgIpc) is 3.45. The van der Waals surface area contributed by atoms with Crippen LogP contribution in [0.3, 0.4) is 0 Å². The van der Waals surface area contributed by atoms with E-state index >= 15 is 0 Å². The van der Waals surface area contributed by atoms with Crippen molar-refractivity contribution in [2.24, 2.45) is 7.05 Å². The number of hydrogen-bond donors (Lipinski definition) is 1. The maximum Gasteiger partial charge on any atom is 0.260 e. The molecule has 3 aliphatic heterocycles. The third-order valence-corrected chi connectivity index (χ3v) is 7.14. The van der Waals surface area contributed by atoms with Crippen LogP contribution in [0, 0.1) is 0 Å². The number of nitrogens with zero attached hydrogens (tertiary/aromatic N) is 4. The van der Waals surface area contributed by atoms with Gasteiger partial charge in [0.25, 0.3) is 11.8 Å². The van der Waals surface area contributed by atoms with Gasteiger partial charge in [0.1, 0.15) is 18.5 Å². The van der Waals surface area contributed by atoms with Crippen LogP contribution >= 0.6 is 11.8 Å². The number of benzene rings is 2. The van der Waals surface area contributed by atoms with Crippen molar-refractivity contribution >= 4 is 41.0 Å². The van der Waals surface area contributed by atoms with Gasteiger partial charge in [-0.25, -0.2) is 0 Å². The van der Waals surface area contributed by atoms with E-state index in [4.69, 9.17) is 0 Å². The minimum atomic E-state index is -0.653. The first-order chi connectivity index (χ1) is 15.5. The van der Waals surface area contributed by atoms with E-state index < -0.39 is 6.17 Å². The molecule has 3 aromatic rings. The van der Waals surface area contributed by atoms with Crippen molar-refractivity contribution in [3.8, 4) is 0 Å². The molecule has 1 atom stereocenters. The Morgan fingerprint density at radius 1 is 1.06 bits per heavy atom. The lowest BCUT2D eigenvalue weighted by Crippen LogP contribution is -2.50. The zero-order chi connectivity index (χ0) is 22.0. The number of thioether (sulfide) groups is 1. The Morgan fingerprint density at radius 2 is 1.81 bits per heavy atom. The average molecular weight is 446 g/mol. The highest BCUT2D eigenvalue weighted by Gasteiger charge is 2.48. The summed E-state index contributed by atoms with van der Waals surface area (Å²) in [4.78, 5) is 42.9. The fourth-order valence-electron chi connectivity index (χ4n) is 4.76. The summed E-state index contributed by atoms with van der Waals surface area (Å²) >= 11 is 1.76. The van der Waals surface area contributed by atoms with Crippen molar-refractivity contribution in [3.05, 3.63) is 76.5 Å². The van der Waals surface area contributed by atoms with Crippen molar-refractivity contribution < 1.29 is 14.4 Å². The van der Waals surface area contributed by atoms with Crippen molar-refractivity contribution in [1.29, 1.82) is 0 Å². The molecule has 1 aromatic heterocycles. The molecule has 3 aliphatic rings. The first kappa shape index (κ1) is 19.1. The van der Waals surface area contributed by atoms with Crippen LogP contribution in [0.4, 0.5) is 11.5 Å². The van der Waals surface area contributed by atoms with Crippen LogP contribution in [0.2, 0.25) is 0 Å². The minimum absolute atomic E-state index is 0.169. The Labute approximate surface area is 188 Å². The SMILES string of the molecule is Cn1nc2c(c1NC(=O)CN1C(=O)c3ccccc3N3C(=O)c4ccccc4C13)CSC2. The van der Waals surface area contributed by atoms with E-state index in [1.807, 2.05) is 18.2 Å². The molecule has 9 heteroatoms. The fraction of sp³-hybridized carbons (Fsp3) is 0.217. The summed E-state index contributed by atoms with van der Waals surface area (Å²) in [6, 6.07) is 14.3. The van der Waals surface area contributed by atoms with Gasteiger partial charge < -0.3 is 10.2 Å². The Morgan fingerprint density at radius 3 is 2.66 bits per heavy atom. The highest BCUT2D eigenvalue weighted by atomic mass is 32.2. The lowest BCUT2D eigenvalue weighted by atomic mass is 10.0. The fourth-order valence-corrected chi connectivity index (χ4v) is 5.79. The quantitative estimate of drug-likeness (QED) is 0.670. The van der Waals surface area contributed by atoms with E-state index in [0.29, 0.717) is 22.6 Å². The Hall–Kier alpha value is -3.59. The lowest BCUT2D eigenvalue weighted by Gasteiger charge is -2.40. The normalized spacial score (nSPS) is 18.3. The molecule has 6 rings (SSSR count). The second kappa shape index (κ2) is 6.96. The maximum atomic E-state index is 13.5. The summed E-state index contributed by atoms with van der Waals surface area (Å²) in [7, 11) is 1.80. The summed E-state index contributed by atoms with van der Waals surface area (Å²) < 4.78 is 1.68. The molecule has 0 spiro atoms. The van der Waals surface area contributed by atoms with Gasteiger partial charge in [0.2, 0.25) is 5.91 Å². The molecule has 1 unspecified atom stereocenters. The van der Waals surface area contributed by atoms with E-state index in [0.717, 1.165) is 28.3 Å². The largest absolute Gasteiger partial charge is 0.309 e. The standard InChI is InChI=1S/C23H19N5O3S/c1-26-20(16-11-32-12-17(16)25-26)24-19(29)10-27-21-13-6-2-3-7-14(13)23(31)28(21)18-9-5-4-8-15(18)22(27)30/h2-9,21H,10-12H2,1H3,(H,24,29). The number of anilines is 2. The smallest absolute Gasteiger partial charge is 0.260 e. The molecule has 0 bridgehead atoms. The number of nitrogens with one attached hydrogen (secondary N) is 1. The van der Waals surface area contributed by atoms with Crippen molar-refractivity contribution in [1.82, 2.24) is 14.7 Å². The van der Waals surface area contributed by atoms with E-state index in [-0.39, 0.29) is 24.3 Å². The molecule has 0 saturated carbocycles. The van der Waals surface area contributed by atoms with E-state index in [1.165, 1.54) is 4.90 Å². The van der Waals surface area contributed by atoms with Crippen LogP contribution in [-0.4, -0.2) is 38.9 Å². The molecule has 1 N–H and O–H groups in total. The van der Waals surface area contributed by atoms with Gasteiger partial charge in [0.05, 0.1) is 16.9 Å². The van der Waals surface area contributed by atoms with E-state index in [2.05, 4.69) is 10.4 Å². The summed E-state index contributed by atoms with van der Waals surface area (Å²) in [5.74, 6) is 1.53. The molecular formula is C23H19N5O3S. The van der Waals surface area contributed by atoms with Crippen molar-refractivity contribution in [2.75, 3.05) is 16.8 Å². The highest BCUT2D eigenvalue weighted by Crippen LogP contribution is 2.45. The third-order valence-electron chi connectivity index (χ3n) is 6.17.